The molecule has 0 aromatic carbocycles. The molecule has 1 N–H and O–H groups in total. The van der Waals surface area contributed by atoms with Crippen molar-refractivity contribution < 1.29 is 14.7 Å². The van der Waals surface area contributed by atoms with Crippen molar-refractivity contribution >= 4 is 11.9 Å². The summed E-state index contributed by atoms with van der Waals surface area (Å²) in [6, 6.07) is 0. The molecular formula is C17H29NO3. The number of aliphatic carboxylic acids is 1. The number of piperidine rings is 1. The Kier molecular flexibility index (Phi) is 6.07. The van der Waals surface area contributed by atoms with Crippen LogP contribution in [0.15, 0.2) is 0 Å². The van der Waals surface area contributed by atoms with E-state index in [0.29, 0.717) is 11.8 Å². The van der Waals surface area contributed by atoms with Crippen LogP contribution in [0.25, 0.3) is 0 Å². The predicted molar refractivity (Wildman–Crippen MR) is 81.9 cm³/mol. The minimum absolute atomic E-state index is 0.159. The zero-order valence-electron chi connectivity index (χ0n) is 13.2. The number of hydrogen-bond acceptors (Lipinski definition) is 2. The highest BCUT2D eigenvalue weighted by atomic mass is 16.4. The molecule has 2 fully saturated rings. The molecule has 2 aliphatic rings. The summed E-state index contributed by atoms with van der Waals surface area (Å²) in [5.74, 6) is 0.344. The standard InChI is InChI=1S/C17H29NO3/c1-13(11-16(19)20)15-9-6-10-18(12-15)17(21)14-7-4-2-3-5-8-14/h13-15H,2-12H2,1H3,(H,19,20). The summed E-state index contributed by atoms with van der Waals surface area (Å²) in [5, 5.41) is 8.94. The van der Waals surface area contributed by atoms with Crippen molar-refractivity contribution in [2.75, 3.05) is 13.1 Å². The largest absolute Gasteiger partial charge is 0.481 e. The van der Waals surface area contributed by atoms with Gasteiger partial charge in [-0.3, -0.25) is 9.59 Å². The summed E-state index contributed by atoms with van der Waals surface area (Å²) in [7, 11) is 0. The molecular weight excluding hydrogens is 266 g/mol. The van der Waals surface area contributed by atoms with Crippen molar-refractivity contribution in [3.63, 3.8) is 0 Å². The van der Waals surface area contributed by atoms with E-state index in [9.17, 15) is 9.59 Å². The molecule has 0 bridgehead atoms. The van der Waals surface area contributed by atoms with Crippen LogP contribution in [0.4, 0.5) is 0 Å². The van der Waals surface area contributed by atoms with E-state index in [1.165, 1.54) is 25.7 Å². The van der Waals surface area contributed by atoms with Gasteiger partial charge in [0.25, 0.3) is 0 Å². The maximum Gasteiger partial charge on any atom is 0.303 e. The van der Waals surface area contributed by atoms with Gasteiger partial charge in [-0.2, -0.15) is 0 Å². The van der Waals surface area contributed by atoms with E-state index in [1.54, 1.807) is 0 Å². The first-order chi connectivity index (χ1) is 10.1. The van der Waals surface area contributed by atoms with Gasteiger partial charge < -0.3 is 10.0 Å². The highest BCUT2D eigenvalue weighted by Crippen LogP contribution is 2.30. The fourth-order valence-corrected chi connectivity index (χ4v) is 3.90. The molecule has 2 unspecified atom stereocenters. The highest BCUT2D eigenvalue weighted by molar-refractivity contribution is 5.79. The molecule has 1 amide bonds. The number of carbonyl (C=O) groups is 2. The third kappa shape index (κ3) is 4.72. The Bertz CT molecular complexity index is 361. The SMILES string of the molecule is CC(CC(=O)O)C1CCCN(C(=O)C2CCCCCC2)C1. The Morgan fingerprint density at radius 3 is 2.38 bits per heavy atom. The van der Waals surface area contributed by atoms with Crippen LogP contribution in [0, 0.1) is 17.8 Å². The lowest BCUT2D eigenvalue weighted by Gasteiger charge is -2.37. The Balaban J connectivity index is 1.90. The lowest BCUT2D eigenvalue weighted by Crippen LogP contribution is -2.44. The zero-order chi connectivity index (χ0) is 15.2. The predicted octanol–water partition coefficient (Wildman–Crippen LogP) is 3.31. The second-order valence-electron chi connectivity index (χ2n) is 6.95. The summed E-state index contributed by atoms with van der Waals surface area (Å²) < 4.78 is 0. The second kappa shape index (κ2) is 7.81. The van der Waals surface area contributed by atoms with Crippen molar-refractivity contribution in [2.24, 2.45) is 17.8 Å². The zero-order valence-corrected chi connectivity index (χ0v) is 13.2. The number of hydrogen-bond donors (Lipinski definition) is 1. The quantitative estimate of drug-likeness (QED) is 0.810. The van der Waals surface area contributed by atoms with Gasteiger partial charge in [0.15, 0.2) is 0 Å². The first kappa shape index (κ1) is 16.3. The number of rotatable bonds is 4. The van der Waals surface area contributed by atoms with Gasteiger partial charge in [-0.25, -0.2) is 0 Å². The fourth-order valence-electron chi connectivity index (χ4n) is 3.90. The molecule has 1 saturated carbocycles. The van der Waals surface area contributed by atoms with E-state index >= 15 is 0 Å². The van der Waals surface area contributed by atoms with Crippen LogP contribution in [-0.2, 0) is 9.59 Å². The molecule has 120 valence electrons. The molecule has 21 heavy (non-hydrogen) atoms. The van der Waals surface area contributed by atoms with Crippen LogP contribution in [0.5, 0.6) is 0 Å². The molecule has 1 saturated heterocycles. The average molecular weight is 295 g/mol. The normalized spacial score (nSPS) is 26.1. The molecule has 0 spiro atoms. The van der Waals surface area contributed by atoms with Crippen LogP contribution in [0.3, 0.4) is 0 Å². The number of carboxylic acids is 1. The molecule has 1 heterocycles. The molecule has 0 aromatic rings. The van der Waals surface area contributed by atoms with Gasteiger partial charge >= 0.3 is 5.97 Å². The van der Waals surface area contributed by atoms with Crippen molar-refractivity contribution in [2.45, 2.75) is 64.7 Å². The van der Waals surface area contributed by atoms with Crippen LogP contribution in [0.2, 0.25) is 0 Å². The van der Waals surface area contributed by atoms with Crippen LogP contribution in [0.1, 0.15) is 64.7 Å². The number of amides is 1. The van der Waals surface area contributed by atoms with E-state index in [-0.39, 0.29) is 18.3 Å². The fraction of sp³-hybridized carbons (Fsp3) is 0.882. The van der Waals surface area contributed by atoms with E-state index < -0.39 is 5.97 Å². The Hall–Kier alpha value is -1.06. The smallest absolute Gasteiger partial charge is 0.303 e. The van der Waals surface area contributed by atoms with E-state index in [4.69, 9.17) is 5.11 Å². The lowest BCUT2D eigenvalue weighted by molar-refractivity contribution is -0.139. The van der Waals surface area contributed by atoms with Crippen LogP contribution >= 0.6 is 0 Å². The van der Waals surface area contributed by atoms with Gasteiger partial charge in [0.2, 0.25) is 5.91 Å². The molecule has 0 aromatic heterocycles. The van der Waals surface area contributed by atoms with Crippen molar-refractivity contribution in [3.05, 3.63) is 0 Å². The van der Waals surface area contributed by atoms with Crippen molar-refractivity contribution in [1.82, 2.24) is 4.90 Å². The van der Waals surface area contributed by atoms with E-state index in [2.05, 4.69) is 0 Å². The first-order valence-corrected chi connectivity index (χ1v) is 8.58. The van der Waals surface area contributed by atoms with E-state index in [0.717, 1.165) is 38.8 Å². The molecule has 0 radical (unpaired) electrons. The number of carbonyl (C=O) groups excluding carboxylic acids is 1. The summed E-state index contributed by atoms with van der Waals surface area (Å²) in [4.78, 5) is 25.6. The van der Waals surface area contributed by atoms with Crippen LogP contribution in [-0.4, -0.2) is 35.0 Å². The van der Waals surface area contributed by atoms with Gasteiger partial charge in [-0.15, -0.1) is 0 Å². The van der Waals surface area contributed by atoms with E-state index in [1.807, 2.05) is 11.8 Å². The van der Waals surface area contributed by atoms with Gasteiger partial charge in [-0.05, 0) is 37.5 Å². The minimum atomic E-state index is -0.727. The van der Waals surface area contributed by atoms with Gasteiger partial charge in [-0.1, -0.05) is 32.6 Å². The number of nitrogens with zero attached hydrogens (tertiary/aromatic N) is 1. The molecule has 4 heteroatoms. The Labute approximate surface area is 127 Å². The van der Waals surface area contributed by atoms with Gasteiger partial charge in [0.05, 0.1) is 0 Å². The third-order valence-corrected chi connectivity index (χ3v) is 5.28. The summed E-state index contributed by atoms with van der Waals surface area (Å²) >= 11 is 0. The molecule has 4 nitrogen and oxygen atoms in total. The Morgan fingerprint density at radius 2 is 1.76 bits per heavy atom. The molecule has 1 aliphatic carbocycles. The van der Waals surface area contributed by atoms with Gasteiger partial charge in [0.1, 0.15) is 0 Å². The third-order valence-electron chi connectivity index (χ3n) is 5.28. The maximum absolute atomic E-state index is 12.7. The lowest BCUT2D eigenvalue weighted by atomic mass is 9.84. The highest BCUT2D eigenvalue weighted by Gasteiger charge is 2.31. The molecule has 1 aliphatic heterocycles. The molecule has 2 atom stereocenters. The second-order valence-corrected chi connectivity index (χ2v) is 6.95. The summed E-state index contributed by atoms with van der Waals surface area (Å²) in [5.41, 5.74) is 0. The number of carboxylic acid groups (broad SMARTS) is 1. The summed E-state index contributed by atoms with van der Waals surface area (Å²) in [6.45, 7) is 3.65. The topological polar surface area (TPSA) is 57.6 Å². The Morgan fingerprint density at radius 1 is 1.10 bits per heavy atom. The minimum Gasteiger partial charge on any atom is -0.481 e. The van der Waals surface area contributed by atoms with Crippen molar-refractivity contribution in [3.8, 4) is 0 Å². The molecule has 2 rings (SSSR count). The van der Waals surface area contributed by atoms with Crippen molar-refractivity contribution in [1.29, 1.82) is 0 Å². The monoisotopic (exact) mass is 295 g/mol. The maximum atomic E-state index is 12.7. The number of likely N-dealkylation sites (tertiary alicyclic amines) is 1. The first-order valence-electron chi connectivity index (χ1n) is 8.58. The van der Waals surface area contributed by atoms with Crippen LogP contribution < -0.4 is 0 Å². The van der Waals surface area contributed by atoms with Gasteiger partial charge in [0, 0.05) is 25.4 Å². The summed E-state index contributed by atoms with van der Waals surface area (Å²) in [6.07, 6.45) is 9.29. The average Bonchev–Trinajstić information content (AvgIpc) is 2.75.